The zero-order chi connectivity index (χ0) is 42.7. The number of imidazole rings is 1. The molecular formula is C46H49ClN10O5. The van der Waals surface area contributed by atoms with Crippen molar-refractivity contribution < 1.29 is 19.2 Å². The summed E-state index contributed by atoms with van der Waals surface area (Å²) in [5, 5.41) is 6.11. The molecule has 1 spiro atoms. The van der Waals surface area contributed by atoms with Crippen molar-refractivity contribution in [3.05, 3.63) is 93.8 Å². The van der Waals surface area contributed by atoms with Crippen LogP contribution in [0.1, 0.15) is 86.8 Å². The monoisotopic (exact) mass is 856 g/mol. The van der Waals surface area contributed by atoms with Gasteiger partial charge in [0.1, 0.15) is 6.04 Å². The van der Waals surface area contributed by atoms with Crippen LogP contribution in [-0.2, 0) is 26.2 Å². The van der Waals surface area contributed by atoms with Gasteiger partial charge in [0.05, 0.1) is 63.7 Å². The Morgan fingerprint density at radius 1 is 0.855 bits per heavy atom. The first-order chi connectivity index (χ1) is 30.0. The Labute approximate surface area is 363 Å². The SMILES string of the molecule is Cn1c(=O)n(C2CCC(=O)NC2=O)c2ccc(C3CCN(C(=O)CN4CCC5(CC4)CCN(c4cncc(Nc6ncc(Cl)c(-c7cccc(C8CC8)c7)n6)c4)C5=O)CC3)cc21. The lowest BCUT2D eigenvalue weighted by molar-refractivity contribution is -0.136. The van der Waals surface area contributed by atoms with Crippen LogP contribution in [0.2, 0.25) is 5.02 Å². The summed E-state index contributed by atoms with van der Waals surface area (Å²) >= 11 is 6.56. The van der Waals surface area contributed by atoms with E-state index in [-0.39, 0.29) is 35.8 Å². The van der Waals surface area contributed by atoms with Gasteiger partial charge in [-0.2, -0.15) is 0 Å². The summed E-state index contributed by atoms with van der Waals surface area (Å²) < 4.78 is 3.07. The molecule has 4 saturated heterocycles. The van der Waals surface area contributed by atoms with Gasteiger partial charge in [-0.15, -0.1) is 0 Å². The van der Waals surface area contributed by atoms with Crippen LogP contribution in [0.25, 0.3) is 22.3 Å². The van der Waals surface area contributed by atoms with Gasteiger partial charge in [-0.25, -0.2) is 14.8 Å². The molecule has 0 radical (unpaired) electrons. The Kier molecular flexibility index (Phi) is 10.4. The fourth-order valence-electron chi connectivity index (χ4n) is 10.0. The van der Waals surface area contributed by atoms with Crippen molar-refractivity contribution in [1.82, 2.24) is 39.2 Å². The highest BCUT2D eigenvalue weighted by molar-refractivity contribution is 6.32. The second-order valence-electron chi connectivity index (χ2n) is 17.7. The Hall–Kier alpha value is -5.93. The number of halogens is 1. The molecule has 320 valence electrons. The topological polar surface area (TPSA) is 168 Å². The third-order valence-electron chi connectivity index (χ3n) is 13.9. The number of rotatable bonds is 9. The molecule has 1 aliphatic carbocycles. The fourth-order valence-corrected chi connectivity index (χ4v) is 10.2. The summed E-state index contributed by atoms with van der Waals surface area (Å²) in [6.45, 7) is 3.58. The van der Waals surface area contributed by atoms with E-state index in [4.69, 9.17) is 16.6 Å². The molecule has 5 aliphatic rings. The van der Waals surface area contributed by atoms with Gasteiger partial charge in [-0.05, 0) is 112 Å². The first-order valence-corrected chi connectivity index (χ1v) is 22.1. The average molecular weight is 857 g/mol. The molecule has 15 nitrogen and oxygen atoms in total. The average Bonchev–Trinajstić information content (AvgIpc) is 4.05. The Morgan fingerprint density at radius 3 is 2.39 bits per heavy atom. The van der Waals surface area contributed by atoms with E-state index in [0.717, 1.165) is 41.6 Å². The molecule has 2 aromatic carbocycles. The first-order valence-electron chi connectivity index (χ1n) is 21.8. The number of imide groups is 1. The number of hydrogen-bond donors (Lipinski definition) is 2. The van der Waals surface area contributed by atoms with Gasteiger partial charge >= 0.3 is 5.69 Å². The number of benzene rings is 2. The quantitative estimate of drug-likeness (QED) is 0.177. The molecule has 10 rings (SSSR count). The molecule has 1 saturated carbocycles. The van der Waals surface area contributed by atoms with E-state index in [1.165, 1.54) is 23.0 Å². The van der Waals surface area contributed by atoms with Gasteiger partial charge in [-0.3, -0.25) is 43.5 Å². The molecule has 62 heavy (non-hydrogen) atoms. The van der Waals surface area contributed by atoms with Gasteiger partial charge in [0.25, 0.3) is 0 Å². The Bertz CT molecular complexity index is 2680. The minimum Gasteiger partial charge on any atom is -0.342 e. The molecule has 7 heterocycles. The highest BCUT2D eigenvalue weighted by Crippen LogP contribution is 2.44. The predicted octanol–water partition coefficient (Wildman–Crippen LogP) is 5.67. The zero-order valence-corrected chi connectivity index (χ0v) is 35.4. The van der Waals surface area contributed by atoms with Crippen molar-refractivity contribution in [2.24, 2.45) is 12.5 Å². The van der Waals surface area contributed by atoms with Crippen LogP contribution in [0.15, 0.2) is 71.9 Å². The maximum atomic E-state index is 14.1. The van der Waals surface area contributed by atoms with Gasteiger partial charge in [0.15, 0.2) is 0 Å². The summed E-state index contributed by atoms with van der Waals surface area (Å²) in [7, 11) is 1.71. The number of pyridine rings is 1. The lowest BCUT2D eigenvalue weighted by atomic mass is 9.77. The molecule has 1 unspecified atom stereocenters. The van der Waals surface area contributed by atoms with Crippen LogP contribution in [0.5, 0.6) is 0 Å². The summed E-state index contributed by atoms with van der Waals surface area (Å²) in [6.07, 6.45) is 11.7. The Balaban J connectivity index is 0.725. The molecule has 2 N–H and O–H groups in total. The molecule has 4 aliphatic heterocycles. The molecule has 5 fully saturated rings. The Morgan fingerprint density at radius 2 is 1.61 bits per heavy atom. The predicted molar refractivity (Wildman–Crippen MR) is 234 cm³/mol. The van der Waals surface area contributed by atoms with Gasteiger partial charge in [0, 0.05) is 38.7 Å². The lowest BCUT2D eigenvalue weighted by Crippen LogP contribution is -2.49. The summed E-state index contributed by atoms with van der Waals surface area (Å²) in [4.78, 5) is 84.9. The number of aromatic nitrogens is 5. The van der Waals surface area contributed by atoms with Crippen LogP contribution in [0, 0.1) is 5.41 Å². The molecule has 1 atom stereocenters. The third kappa shape index (κ3) is 7.54. The molecule has 0 bridgehead atoms. The number of likely N-dealkylation sites (tertiary alicyclic amines) is 2. The number of anilines is 3. The van der Waals surface area contributed by atoms with Crippen molar-refractivity contribution in [3.8, 4) is 11.3 Å². The molecular weight excluding hydrogens is 808 g/mol. The minimum atomic E-state index is -0.723. The van der Waals surface area contributed by atoms with Crippen molar-refractivity contribution >= 4 is 63.6 Å². The number of carbonyl (C=O) groups excluding carboxylic acids is 4. The number of nitrogens with zero attached hydrogens (tertiary/aromatic N) is 8. The van der Waals surface area contributed by atoms with Crippen LogP contribution < -0.4 is 21.2 Å². The van der Waals surface area contributed by atoms with E-state index in [9.17, 15) is 24.0 Å². The lowest BCUT2D eigenvalue weighted by Gasteiger charge is -2.39. The second-order valence-corrected chi connectivity index (χ2v) is 18.1. The summed E-state index contributed by atoms with van der Waals surface area (Å²) in [5.41, 5.74) is 6.07. The number of aryl methyl sites for hydroxylation is 1. The molecule has 5 aromatic rings. The normalized spacial score (nSPS) is 20.9. The smallest absolute Gasteiger partial charge is 0.329 e. The fraction of sp³-hybridized carbons (Fsp3) is 0.435. The van der Waals surface area contributed by atoms with Crippen molar-refractivity contribution in [1.29, 1.82) is 0 Å². The number of amides is 4. The maximum Gasteiger partial charge on any atom is 0.329 e. The summed E-state index contributed by atoms with van der Waals surface area (Å²) in [6, 6.07) is 15.5. The number of carbonyl (C=O) groups is 4. The highest BCUT2D eigenvalue weighted by Gasteiger charge is 2.49. The second kappa shape index (κ2) is 16.1. The van der Waals surface area contributed by atoms with Crippen molar-refractivity contribution in [2.45, 2.75) is 75.7 Å². The largest absolute Gasteiger partial charge is 0.342 e. The highest BCUT2D eigenvalue weighted by atomic mass is 35.5. The van der Waals surface area contributed by atoms with Gasteiger partial charge < -0.3 is 15.1 Å². The minimum absolute atomic E-state index is 0.107. The third-order valence-corrected chi connectivity index (χ3v) is 14.2. The number of nitrogens with one attached hydrogen (secondary N) is 2. The number of hydrogen-bond acceptors (Lipinski definition) is 10. The maximum absolute atomic E-state index is 14.1. The van der Waals surface area contributed by atoms with Gasteiger partial charge in [0.2, 0.25) is 29.6 Å². The van der Waals surface area contributed by atoms with Crippen LogP contribution in [0.4, 0.5) is 17.3 Å². The van der Waals surface area contributed by atoms with Crippen molar-refractivity contribution in [3.63, 3.8) is 0 Å². The zero-order valence-electron chi connectivity index (χ0n) is 34.7. The van der Waals surface area contributed by atoms with Gasteiger partial charge in [-0.1, -0.05) is 35.9 Å². The van der Waals surface area contributed by atoms with E-state index >= 15 is 0 Å². The molecule has 16 heteroatoms. The van der Waals surface area contributed by atoms with E-state index in [0.29, 0.717) is 92.3 Å². The first kappa shape index (κ1) is 40.2. The van der Waals surface area contributed by atoms with E-state index in [1.54, 1.807) is 30.2 Å². The standard InChI is InChI=1S/C46H49ClN10O5/c1-53-38-22-31(7-8-36(38)57(45(53)62)37-9-10-39(58)51-42(37)60)29-11-16-55(17-12-29)40(59)27-54-18-13-46(14-19-54)15-20-56(43(46)61)34-23-33(24-48-25-34)50-44-49-26-35(47)41(52-44)32-4-2-3-30(21-32)28-5-6-28/h2-4,7-8,21-26,28-29,37H,5-6,9-20,27H2,1H3,(H,49,50,52)(H,51,58,60). The van der Waals surface area contributed by atoms with E-state index < -0.39 is 17.4 Å². The molecule has 3 aromatic heterocycles. The van der Waals surface area contributed by atoms with Crippen LogP contribution in [-0.4, -0.2) is 96.8 Å². The van der Waals surface area contributed by atoms with E-state index in [1.807, 2.05) is 46.2 Å². The number of piperidine rings is 3. The number of fused-ring (bicyclic) bond motifs is 1. The summed E-state index contributed by atoms with van der Waals surface area (Å²) in [5.74, 6) is 0.682. The van der Waals surface area contributed by atoms with Crippen LogP contribution in [0.3, 0.4) is 0 Å². The molecule has 4 amide bonds. The van der Waals surface area contributed by atoms with E-state index in [2.05, 4.69) is 37.6 Å². The van der Waals surface area contributed by atoms with Crippen molar-refractivity contribution in [2.75, 3.05) is 49.5 Å². The van der Waals surface area contributed by atoms with Crippen LogP contribution >= 0.6 is 11.6 Å².